The summed E-state index contributed by atoms with van der Waals surface area (Å²) in [5, 5.41) is 4.64. The van der Waals surface area contributed by atoms with Crippen LogP contribution in [0.25, 0.3) is 0 Å². The molecule has 136 valence electrons. The maximum Gasteiger partial charge on any atom is 0.276 e. The number of aromatic nitrogens is 1. The minimum Gasteiger partial charge on any atom is -0.482 e. The highest BCUT2D eigenvalue weighted by molar-refractivity contribution is 6.37. The van der Waals surface area contributed by atoms with E-state index in [1.54, 1.807) is 29.2 Å². The quantitative estimate of drug-likeness (QED) is 0.821. The van der Waals surface area contributed by atoms with Crippen molar-refractivity contribution in [2.75, 3.05) is 13.1 Å². The van der Waals surface area contributed by atoms with Crippen molar-refractivity contribution in [3.63, 3.8) is 0 Å². The number of likely N-dealkylation sites (tertiary alicyclic amines) is 1. The molecule has 25 heavy (non-hydrogen) atoms. The van der Waals surface area contributed by atoms with Gasteiger partial charge in [-0.25, -0.2) is 0 Å². The number of carbonyl (C=O) groups excluding carboxylic acids is 1. The molecule has 6 nitrogen and oxygen atoms in total. The molecule has 0 radical (unpaired) electrons. The van der Waals surface area contributed by atoms with Crippen LogP contribution in [0, 0.1) is 0 Å². The lowest BCUT2D eigenvalue weighted by Gasteiger charge is -2.21. The van der Waals surface area contributed by atoms with Crippen molar-refractivity contribution in [3.8, 4) is 5.75 Å². The van der Waals surface area contributed by atoms with Crippen LogP contribution >= 0.6 is 35.6 Å². The average molecular weight is 407 g/mol. The van der Waals surface area contributed by atoms with Crippen molar-refractivity contribution in [2.24, 2.45) is 5.73 Å². The lowest BCUT2D eigenvalue weighted by molar-refractivity contribution is 0.0730. The van der Waals surface area contributed by atoms with Crippen molar-refractivity contribution < 1.29 is 14.1 Å². The van der Waals surface area contributed by atoms with Gasteiger partial charge >= 0.3 is 0 Å². The molecule has 1 aliphatic rings. The van der Waals surface area contributed by atoms with Gasteiger partial charge in [-0.1, -0.05) is 34.4 Å². The first-order valence-corrected chi connectivity index (χ1v) is 8.39. The second-order valence-corrected chi connectivity index (χ2v) is 6.36. The molecule has 0 bridgehead atoms. The van der Waals surface area contributed by atoms with Crippen LogP contribution in [0.15, 0.2) is 28.8 Å². The second-order valence-electron chi connectivity index (χ2n) is 5.55. The van der Waals surface area contributed by atoms with Crippen LogP contribution in [0.5, 0.6) is 5.75 Å². The van der Waals surface area contributed by atoms with Gasteiger partial charge in [0, 0.05) is 25.2 Å². The Kier molecular flexibility index (Phi) is 6.95. The van der Waals surface area contributed by atoms with Crippen LogP contribution in [-0.2, 0) is 6.61 Å². The molecule has 0 saturated carbocycles. The number of nitrogens with two attached hydrogens (primary N) is 1. The van der Waals surface area contributed by atoms with Gasteiger partial charge in [0.1, 0.15) is 6.61 Å². The summed E-state index contributed by atoms with van der Waals surface area (Å²) < 4.78 is 10.7. The Labute approximate surface area is 161 Å². The summed E-state index contributed by atoms with van der Waals surface area (Å²) >= 11 is 12.1. The van der Waals surface area contributed by atoms with Crippen molar-refractivity contribution in [1.82, 2.24) is 10.1 Å². The zero-order chi connectivity index (χ0) is 17.1. The minimum atomic E-state index is -0.172. The fourth-order valence-corrected chi connectivity index (χ4v) is 3.25. The van der Waals surface area contributed by atoms with Gasteiger partial charge in [-0.2, -0.15) is 0 Å². The summed E-state index contributed by atoms with van der Waals surface area (Å²) in [5.41, 5.74) is 5.95. The highest BCUT2D eigenvalue weighted by atomic mass is 35.5. The molecule has 0 spiro atoms. The molecular formula is C16H18Cl3N3O3. The Morgan fingerprint density at radius 1 is 1.40 bits per heavy atom. The topological polar surface area (TPSA) is 81.6 Å². The third-order valence-corrected chi connectivity index (χ3v) is 4.56. The molecule has 1 amide bonds. The monoisotopic (exact) mass is 405 g/mol. The Balaban J connectivity index is 0.00000225. The highest BCUT2D eigenvalue weighted by Gasteiger charge is 2.30. The number of para-hydroxylation sites is 1. The zero-order valence-electron chi connectivity index (χ0n) is 13.3. The van der Waals surface area contributed by atoms with Crippen molar-refractivity contribution >= 4 is 41.5 Å². The SMILES string of the molecule is Cl.NCC1CCCN1C(=O)c1cc(COc2c(Cl)cccc2Cl)on1. The van der Waals surface area contributed by atoms with Crippen LogP contribution in [-0.4, -0.2) is 35.1 Å². The lowest BCUT2D eigenvalue weighted by atomic mass is 10.2. The van der Waals surface area contributed by atoms with E-state index in [9.17, 15) is 4.79 Å². The molecular weight excluding hydrogens is 389 g/mol. The number of amides is 1. The van der Waals surface area contributed by atoms with E-state index in [2.05, 4.69) is 5.16 Å². The predicted molar refractivity (Wildman–Crippen MR) is 97.7 cm³/mol. The first-order chi connectivity index (χ1) is 11.6. The summed E-state index contributed by atoms with van der Waals surface area (Å²) in [6.07, 6.45) is 1.87. The van der Waals surface area contributed by atoms with Crippen LogP contribution in [0.4, 0.5) is 0 Å². The van der Waals surface area contributed by atoms with Gasteiger partial charge in [0.15, 0.2) is 17.2 Å². The Morgan fingerprint density at radius 2 is 2.12 bits per heavy atom. The molecule has 1 saturated heterocycles. The number of ether oxygens (including phenoxy) is 1. The standard InChI is InChI=1S/C16H17Cl2N3O3.ClH/c17-12-4-1-5-13(18)15(12)23-9-11-7-14(20-24-11)16(22)21-6-2-3-10(21)8-19;/h1,4-5,7,10H,2-3,6,8-9,19H2;1H. The molecule has 2 aromatic rings. The molecule has 9 heteroatoms. The lowest BCUT2D eigenvalue weighted by Crippen LogP contribution is -2.40. The normalized spacial score (nSPS) is 16.6. The van der Waals surface area contributed by atoms with E-state index in [1.165, 1.54) is 0 Å². The second kappa shape index (κ2) is 8.76. The third kappa shape index (κ3) is 4.39. The maximum atomic E-state index is 12.5. The van der Waals surface area contributed by atoms with E-state index in [0.717, 1.165) is 12.8 Å². The fraction of sp³-hybridized carbons (Fsp3) is 0.375. The van der Waals surface area contributed by atoms with E-state index in [0.29, 0.717) is 34.6 Å². The van der Waals surface area contributed by atoms with E-state index in [-0.39, 0.29) is 36.7 Å². The van der Waals surface area contributed by atoms with Gasteiger partial charge in [-0.15, -0.1) is 12.4 Å². The molecule has 2 N–H and O–H groups in total. The van der Waals surface area contributed by atoms with Gasteiger partial charge in [0.2, 0.25) is 0 Å². The first-order valence-electron chi connectivity index (χ1n) is 7.63. The number of hydrogen-bond donors (Lipinski definition) is 1. The van der Waals surface area contributed by atoms with Crippen molar-refractivity contribution in [3.05, 3.63) is 45.8 Å². The van der Waals surface area contributed by atoms with Crippen molar-refractivity contribution in [2.45, 2.75) is 25.5 Å². The first kappa shape index (κ1) is 19.8. The van der Waals surface area contributed by atoms with Crippen molar-refractivity contribution in [1.29, 1.82) is 0 Å². The predicted octanol–water partition coefficient (Wildman–Crippen LogP) is 3.55. The van der Waals surface area contributed by atoms with Crippen LogP contribution in [0.2, 0.25) is 10.0 Å². The zero-order valence-corrected chi connectivity index (χ0v) is 15.6. The molecule has 1 aromatic heterocycles. The van der Waals surface area contributed by atoms with Gasteiger partial charge < -0.3 is 19.9 Å². The molecule has 3 rings (SSSR count). The summed E-state index contributed by atoms with van der Waals surface area (Å²) in [4.78, 5) is 14.2. The number of carbonyl (C=O) groups is 1. The number of benzene rings is 1. The van der Waals surface area contributed by atoms with Crippen LogP contribution < -0.4 is 10.5 Å². The van der Waals surface area contributed by atoms with Crippen LogP contribution in [0.1, 0.15) is 29.1 Å². The van der Waals surface area contributed by atoms with Crippen LogP contribution in [0.3, 0.4) is 0 Å². The molecule has 0 aliphatic carbocycles. The van der Waals surface area contributed by atoms with E-state index < -0.39 is 0 Å². The smallest absolute Gasteiger partial charge is 0.276 e. The van der Waals surface area contributed by atoms with E-state index in [4.69, 9.17) is 38.2 Å². The summed E-state index contributed by atoms with van der Waals surface area (Å²) in [7, 11) is 0. The number of rotatable bonds is 5. The largest absolute Gasteiger partial charge is 0.482 e. The minimum absolute atomic E-state index is 0. The molecule has 1 unspecified atom stereocenters. The Hall–Kier alpha value is -1.47. The average Bonchev–Trinajstić information content (AvgIpc) is 3.23. The van der Waals surface area contributed by atoms with Gasteiger partial charge in [-0.3, -0.25) is 4.79 Å². The number of hydrogen-bond acceptors (Lipinski definition) is 5. The van der Waals surface area contributed by atoms with E-state index in [1.807, 2.05) is 0 Å². The van der Waals surface area contributed by atoms with E-state index >= 15 is 0 Å². The summed E-state index contributed by atoms with van der Waals surface area (Å²) in [6, 6.07) is 6.72. The number of halogens is 3. The molecule has 1 aromatic carbocycles. The highest BCUT2D eigenvalue weighted by Crippen LogP contribution is 2.33. The van der Waals surface area contributed by atoms with Gasteiger partial charge in [-0.05, 0) is 25.0 Å². The summed E-state index contributed by atoms with van der Waals surface area (Å²) in [5.74, 6) is 0.611. The van der Waals surface area contributed by atoms with Gasteiger partial charge in [0.05, 0.1) is 10.0 Å². The fourth-order valence-electron chi connectivity index (χ4n) is 2.74. The third-order valence-electron chi connectivity index (χ3n) is 3.97. The maximum absolute atomic E-state index is 12.5. The van der Waals surface area contributed by atoms with Gasteiger partial charge in [0.25, 0.3) is 5.91 Å². The molecule has 2 heterocycles. The molecule has 1 aliphatic heterocycles. The summed E-state index contributed by atoms with van der Waals surface area (Å²) in [6.45, 7) is 1.21. The number of nitrogens with zero attached hydrogens (tertiary/aromatic N) is 2. The Bertz CT molecular complexity index is 718. The molecule has 1 fully saturated rings. The Morgan fingerprint density at radius 3 is 2.80 bits per heavy atom. The molecule has 1 atom stereocenters.